The summed E-state index contributed by atoms with van der Waals surface area (Å²) in [6.07, 6.45) is 0.825. The number of carbonyl (C=O) groups is 1. The molecule has 0 radical (unpaired) electrons. The summed E-state index contributed by atoms with van der Waals surface area (Å²) >= 11 is 0. The molecule has 2 aromatic carbocycles. The number of aromatic nitrogens is 2. The van der Waals surface area contributed by atoms with Gasteiger partial charge in [0.15, 0.2) is 15.7 Å². The molecule has 11 heteroatoms. The predicted octanol–water partition coefficient (Wildman–Crippen LogP) is 4.75. The number of nitrogens with zero attached hydrogens (tertiary/aromatic N) is 3. The molecule has 2 amide bonds. The van der Waals surface area contributed by atoms with Crippen LogP contribution in [-0.4, -0.2) is 56.8 Å². The molecule has 2 N–H and O–H groups in total. The smallest absolute Gasteiger partial charge is 0.319 e. The summed E-state index contributed by atoms with van der Waals surface area (Å²) < 4.78 is 45.6. The maximum atomic E-state index is 13.8. The van der Waals surface area contributed by atoms with Gasteiger partial charge in [0.1, 0.15) is 16.4 Å². The number of halogens is 1. The number of amides is 2. The van der Waals surface area contributed by atoms with Crippen LogP contribution in [0.5, 0.6) is 0 Å². The molecule has 0 bridgehead atoms. The fourth-order valence-electron chi connectivity index (χ4n) is 4.80. The zero-order valence-electron chi connectivity index (χ0n) is 22.9. The highest BCUT2D eigenvalue weighted by Gasteiger charge is 2.58. The van der Waals surface area contributed by atoms with Crippen molar-refractivity contribution in [2.24, 2.45) is 5.92 Å². The minimum Gasteiger partial charge on any atom is -0.377 e. The molecule has 1 aromatic heterocycles. The van der Waals surface area contributed by atoms with E-state index in [4.69, 9.17) is 14.7 Å². The number of hydrogen-bond acceptors (Lipinski definition) is 7. The van der Waals surface area contributed by atoms with Gasteiger partial charge in [0, 0.05) is 30.4 Å². The van der Waals surface area contributed by atoms with Crippen molar-refractivity contribution in [2.45, 2.75) is 49.3 Å². The summed E-state index contributed by atoms with van der Waals surface area (Å²) in [4.78, 5) is 24.0. The number of carbonyl (C=O) groups excluding carboxylic acids is 1. The molecule has 2 fully saturated rings. The third kappa shape index (κ3) is 5.66. The lowest BCUT2D eigenvalue weighted by Crippen LogP contribution is -2.44. The van der Waals surface area contributed by atoms with Gasteiger partial charge in [0.25, 0.3) is 0 Å². The van der Waals surface area contributed by atoms with Crippen LogP contribution in [0.2, 0.25) is 0 Å². The van der Waals surface area contributed by atoms with Gasteiger partial charge >= 0.3 is 6.03 Å². The summed E-state index contributed by atoms with van der Waals surface area (Å²) in [5.74, 6) is 0.865. The topological polar surface area (TPSA) is 114 Å². The van der Waals surface area contributed by atoms with Gasteiger partial charge in [-0.2, -0.15) is 0 Å². The Morgan fingerprint density at radius 1 is 1.12 bits per heavy atom. The first-order chi connectivity index (χ1) is 19.1. The number of rotatable bonds is 8. The lowest BCUT2D eigenvalue weighted by molar-refractivity contribution is 0.0985. The Morgan fingerprint density at radius 2 is 1.82 bits per heavy atom. The molecule has 212 valence electrons. The van der Waals surface area contributed by atoms with Crippen molar-refractivity contribution in [1.82, 2.24) is 15.3 Å². The van der Waals surface area contributed by atoms with Gasteiger partial charge in [-0.25, -0.2) is 27.6 Å². The number of morpholine rings is 1. The van der Waals surface area contributed by atoms with E-state index in [1.807, 2.05) is 20.8 Å². The number of ether oxygens (including phenoxy) is 1. The average molecular weight is 568 g/mol. The minimum absolute atomic E-state index is 0.0455. The van der Waals surface area contributed by atoms with Crippen molar-refractivity contribution in [1.29, 1.82) is 0 Å². The molecular weight excluding hydrogens is 533 g/mol. The standard InChI is InChI=1S/C29H34FN5O4S/c1-19(2)17-31-28(36)32-23-8-4-21(5-9-23)27-33-25(16-26(34-27)35-14-15-39-18-20(35)3)29(12-13-29)40(37,38)24-10-6-22(30)7-11-24/h4-11,16,19-20H,12-15,17-18H2,1-3H3,(H2,31,32,36)/t20-/m0/s1. The Morgan fingerprint density at radius 3 is 2.45 bits per heavy atom. The molecule has 9 nitrogen and oxygen atoms in total. The second-order valence-electron chi connectivity index (χ2n) is 10.8. The number of sulfone groups is 1. The van der Waals surface area contributed by atoms with Gasteiger partial charge in [0.2, 0.25) is 0 Å². The van der Waals surface area contributed by atoms with Crippen LogP contribution in [0.3, 0.4) is 0 Å². The Labute approximate surface area is 234 Å². The Bertz CT molecular complexity index is 1480. The number of urea groups is 1. The fourth-order valence-corrected chi connectivity index (χ4v) is 6.77. The summed E-state index contributed by atoms with van der Waals surface area (Å²) in [5, 5.41) is 5.63. The van der Waals surface area contributed by atoms with E-state index in [1.54, 1.807) is 30.3 Å². The lowest BCUT2D eigenvalue weighted by Gasteiger charge is -2.34. The zero-order valence-corrected chi connectivity index (χ0v) is 23.7. The Kier molecular flexibility index (Phi) is 7.78. The molecule has 1 aliphatic heterocycles. The van der Waals surface area contributed by atoms with E-state index in [9.17, 15) is 17.6 Å². The molecule has 2 aliphatic rings. The first-order valence-corrected chi connectivity index (χ1v) is 15.0. The van der Waals surface area contributed by atoms with Crippen LogP contribution >= 0.6 is 0 Å². The summed E-state index contributed by atoms with van der Waals surface area (Å²) in [7, 11) is -3.84. The third-order valence-corrected chi connectivity index (χ3v) is 9.79. The number of nitrogens with one attached hydrogen (secondary N) is 2. The van der Waals surface area contributed by atoms with Crippen LogP contribution < -0.4 is 15.5 Å². The molecular formula is C29H34FN5O4S. The Balaban J connectivity index is 1.51. The number of benzene rings is 2. The largest absolute Gasteiger partial charge is 0.377 e. The van der Waals surface area contributed by atoms with Crippen molar-refractivity contribution in [3.63, 3.8) is 0 Å². The van der Waals surface area contributed by atoms with Crippen molar-refractivity contribution in [3.8, 4) is 11.4 Å². The first-order valence-electron chi connectivity index (χ1n) is 13.5. The van der Waals surface area contributed by atoms with Gasteiger partial charge in [-0.15, -0.1) is 0 Å². The van der Waals surface area contributed by atoms with E-state index in [1.165, 1.54) is 12.1 Å². The van der Waals surface area contributed by atoms with Crippen molar-refractivity contribution < 1.29 is 22.3 Å². The van der Waals surface area contributed by atoms with Crippen LogP contribution in [0.25, 0.3) is 11.4 Å². The fraction of sp³-hybridized carbons (Fsp3) is 0.414. The molecule has 0 spiro atoms. The molecule has 1 aliphatic carbocycles. The molecule has 3 aromatic rings. The molecule has 2 heterocycles. The second-order valence-corrected chi connectivity index (χ2v) is 13.1. The molecule has 1 saturated carbocycles. The quantitative estimate of drug-likeness (QED) is 0.378. The van der Waals surface area contributed by atoms with Gasteiger partial charge in [-0.05, 0) is 74.2 Å². The second kappa shape index (κ2) is 11.1. The monoisotopic (exact) mass is 567 g/mol. The first kappa shape index (κ1) is 28.0. The van der Waals surface area contributed by atoms with E-state index in [0.29, 0.717) is 73.6 Å². The lowest BCUT2D eigenvalue weighted by atomic mass is 10.1. The highest BCUT2D eigenvalue weighted by molar-refractivity contribution is 7.92. The number of hydrogen-bond donors (Lipinski definition) is 2. The van der Waals surface area contributed by atoms with Crippen LogP contribution in [-0.2, 0) is 19.3 Å². The van der Waals surface area contributed by atoms with Crippen LogP contribution in [0.1, 0.15) is 39.3 Å². The van der Waals surface area contributed by atoms with Crippen molar-refractivity contribution >= 4 is 27.4 Å². The summed E-state index contributed by atoms with van der Waals surface area (Å²) in [6, 6.07) is 13.6. The van der Waals surface area contributed by atoms with Gasteiger partial charge in [-0.3, -0.25) is 0 Å². The average Bonchev–Trinajstić information content (AvgIpc) is 3.76. The van der Waals surface area contributed by atoms with Crippen LogP contribution in [0.15, 0.2) is 59.5 Å². The highest BCUT2D eigenvalue weighted by Crippen LogP contribution is 2.55. The molecule has 0 unspecified atom stereocenters. The normalized spacial score (nSPS) is 18.4. The summed E-state index contributed by atoms with van der Waals surface area (Å²) in [6.45, 7) is 8.33. The zero-order chi connectivity index (χ0) is 28.5. The van der Waals surface area contributed by atoms with Crippen molar-refractivity contribution in [3.05, 3.63) is 66.1 Å². The molecule has 5 rings (SSSR count). The van der Waals surface area contributed by atoms with Crippen LogP contribution in [0.4, 0.5) is 20.7 Å². The SMILES string of the molecule is CC(C)CNC(=O)Nc1ccc(-c2nc(N3CCOC[C@@H]3C)cc(C3(S(=O)(=O)c4ccc(F)cc4)CC3)n2)cc1. The van der Waals surface area contributed by atoms with Crippen LogP contribution in [0, 0.1) is 11.7 Å². The van der Waals surface area contributed by atoms with E-state index in [-0.39, 0.29) is 17.0 Å². The van der Waals surface area contributed by atoms with Gasteiger partial charge < -0.3 is 20.3 Å². The van der Waals surface area contributed by atoms with E-state index in [0.717, 1.165) is 12.1 Å². The van der Waals surface area contributed by atoms with Crippen molar-refractivity contribution in [2.75, 3.05) is 36.5 Å². The van der Waals surface area contributed by atoms with Gasteiger partial charge in [0.05, 0.1) is 29.8 Å². The minimum atomic E-state index is -3.84. The van der Waals surface area contributed by atoms with E-state index >= 15 is 0 Å². The molecule has 1 saturated heterocycles. The number of anilines is 2. The highest BCUT2D eigenvalue weighted by atomic mass is 32.2. The third-order valence-electron chi connectivity index (χ3n) is 7.26. The maximum absolute atomic E-state index is 13.8. The summed E-state index contributed by atoms with van der Waals surface area (Å²) in [5.41, 5.74) is 1.72. The van der Waals surface area contributed by atoms with E-state index < -0.39 is 20.4 Å². The van der Waals surface area contributed by atoms with Gasteiger partial charge in [-0.1, -0.05) is 13.8 Å². The predicted molar refractivity (Wildman–Crippen MR) is 151 cm³/mol. The Hall–Kier alpha value is -3.57. The molecule has 1 atom stereocenters. The maximum Gasteiger partial charge on any atom is 0.319 e. The molecule has 40 heavy (non-hydrogen) atoms. The van der Waals surface area contributed by atoms with E-state index in [2.05, 4.69) is 15.5 Å².